The average molecular weight is 733 g/mol. The molecule has 0 amide bonds. The molecule has 0 unspecified atom stereocenters. The summed E-state index contributed by atoms with van der Waals surface area (Å²) in [5.41, 5.74) is 15.8. The molecular formula is C54H37FN2. The van der Waals surface area contributed by atoms with Gasteiger partial charge in [0.05, 0.1) is 11.0 Å². The summed E-state index contributed by atoms with van der Waals surface area (Å²) in [5, 5.41) is 2.53. The van der Waals surface area contributed by atoms with Crippen LogP contribution in [0.1, 0.15) is 0 Å². The molecule has 0 saturated carbocycles. The normalized spacial score (nSPS) is 11.2. The number of aromatic nitrogens is 1. The molecule has 2 nitrogen and oxygen atoms in total. The standard InChI is InChI=1S/C54H37FN2/c55-46-28-18-41(19-29-46)39-14-16-40(17-15-39)43-22-32-48(33-23-43)56(47-30-20-42(21-31-47)38-8-2-1-3-9-38)49-34-24-44(25-35-49)45-26-36-50(37-27-45)57-53-12-6-4-10-51(53)52-11-5-7-13-54(52)57/h1-37H. The molecule has 10 rings (SSSR count). The van der Waals surface area contributed by atoms with Crippen LogP contribution in [0.4, 0.5) is 21.5 Å². The van der Waals surface area contributed by atoms with Gasteiger partial charge in [-0.3, -0.25) is 0 Å². The van der Waals surface area contributed by atoms with Gasteiger partial charge in [0, 0.05) is 33.5 Å². The maximum absolute atomic E-state index is 13.5. The number of nitrogens with zero attached hydrogens (tertiary/aromatic N) is 2. The second-order valence-electron chi connectivity index (χ2n) is 14.3. The summed E-state index contributed by atoms with van der Waals surface area (Å²) < 4.78 is 15.8. The minimum absolute atomic E-state index is 0.228. The zero-order chi connectivity index (χ0) is 38.1. The number of anilines is 3. The van der Waals surface area contributed by atoms with Crippen molar-refractivity contribution in [2.24, 2.45) is 0 Å². The van der Waals surface area contributed by atoms with E-state index in [2.05, 4.69) is 204 Å². The molecule has 0 fully saturated rings. The zero-order valence-electron chi connectivity index (χ0n) is 31.1. The third kappa shape index (κ3) is 6.56. The van der Waals surface area contributed by atoms with E-state index in [1.54, 1.807) is 0 Å². The second-order valence-corrected chi connectivity index (χ2v) is 14.3. The summed E-state index contributed by atoms with van der Waals surface area (Å²) in [6, 6.07) is 78.1. The van der Waals surface area contributed by atoms with E-state index < -0.39 is 0 Å². The van der Waals surface area contributed by atoms with Crippen LogP contribution in [0.5, 0.6) is 0 Å². The summed E-state index contributed by atoms with van der Waals surface area (Å²) in [5.74, 6) is -0.228. The SMILES string of the molecule is Fc1ccc(-c2ccc(-c3ccc(N(c4ccc(-c5ccccc5)cc4)c4ccc(-c5ccc(-n6c7ccccc7c7ccccc76)cc5)cc4)cc3)cc2)cc1. The Bertz CT molecular complexity index is 2890. The lowest BCUT2D eigenvalue weighted by Gasteiger charge is -2.26. The number of para-hydroxylation sites is 2. The van der Waals surface area contributed by atoms with Crippen LogP contribution in [0.3, 0.4) is 0 Å². The van der Waals surface area contributed by atoms with Crippen molar-refractivity contribution in [3.63, 3.8) is 0 Å². The first-order chi connectivity index (χ1) is 28.2. The van der Waals surface area contributed by atoms with Crippen LogP contribution in [-0.2, 0) is 0 Å². The molecule has 3 heteroatoms. The van der Waals surface area contributed by atoms with Gasteiger partial charge in [-0.15, -0.1) is 0 Å². The van der Waals surface area contributed by atoms with Crippen LogP contribution >= 0.6 is 0 Å². The minimum atomic E-state index is -0.228. The zero-order valence-corrected chi connectivity index (χ0v) is 31.1. The smallest absolute Gasteiger partial charge is 0.123 e. The summed E-state index contributed by atoms with van der Waals surface area (Å²) >= 11 is 0. The Morgan fingerprint density at radius 1 is 0.281 bits per heavy atom. The number of benzene rings is 9. The van der Waals surface area contributed by atoms with Crippen LogP contribution in [0.25, 0.3) is 72.0 Å². The van der Waals surface area contributed by atoms with E-state index in [0.29, 0.717) is 0 Å². The summed E-state index contributed by atoms with van der Waals surface area (Å²) in [6.45, 7) is 0. The van der Waals surface area contributed by atoms with E-state index in [9.17, 15) is 4.39 Å². The van der Waals surface area contributed by atoms with Crippen molar-refractivity contribution in [3.05, 3.63) is 230 Å². The molecule has 9 aromatic carbocycles. The Hall–Kier alpha value is -7.49. The van der Waals surface area contributed by atoms with E-state index in [1.165, 1.54) is 50.6 Å². The van der Waals surface area contributed by atoms with Crippen LogP contribution < -0.4 is 4.90 Å². The van der Waals surface area contributed by atoms with Gasteiger partial charge in [-0.2, -0.15) is 0 Å². The van der Waals surface area contributed by atoms with Gasteiger partial charge in [-0.05, 0) is 117 Å². The average Bonchev–Trinajstić information content (AvgIpc) is 3.62. The van der Waals surface area contributed by atoms with Gasteiger partial charge < -0.3 is 9.47 Å². The Balaban J connectivity index is 0.962. The van der Waals surface area contributed by atoms with E-state index in [4.69, 9.17) is 0 Å². The molecular weight excluding hydrogens is 696 g/mol. The van der Waals surface area contributed by atoms with Crippen LogP contribution in [0.2, 0.25) is 0 Å². The van der Waals surface area contributed by atoms with E-state index in [-0.39, 0.29) is 5.82 Å². The van der Waals surface area contributed by atoms with Gasteiger partial charge in [0.1, 0.15) is 5.82 Å². The van der Waals surface area contributed by atoms with Gasteiger partial charge in [-0.25, -0.2) is 4.39 Å². The summed E-state index contributed by atoms with van der Waals surface area (Å²) in [7, 11) is 0. The molecule has 0 aliphatic rings. The highest BCUT2D eigenvalue weighted by Crippen LogP contribution is 2.38. The summed E-state index contributed by atoms with van der Waals surface area (Å²) in [4.78, 5) is 2.31. The van der Waals surface area contributed by atoms with Gasteiger partial charge in [-0.1, -0.05) is 152 Å². The molecule has 0 saturated heterocycles. The number of hydrogen-bond donors (Lipinski definition) is 0. The van der Waals surface area contributed by atoms with Crippen molar-refractivity contribution in [1.29, 1.82) is 0 Å². The first kappa shape index (κ1) is 34.0. The number of fused-ring (bicyclic) bond motifs is 3. The molecule has 10 aromatic rings. The predicted octanol–water partition coefficient (Wildman–Crippen LogP) is 15.1. The molecule has 270 valence electrons. The van der Waals surface area contributed by atoms with E-state index in [0.717, 1.165) is 50.6 Å². The molecule has 57 heavy (non-hydrogen) atoms. The van der Waals surface area contributed by atoms with Crippen molar-refractivity contribution < 1.29 is 4.39 Å². The molecule has 1 aromatic heterocycles. The topological polar surface area (TPSA) is 8.17 Å². The number of halogens is 1. The van der Waals surface area contributed by atoms with Gasteiger partial charge in [0.15, 0.2) is 0 Å². The molecule has 0 radical (unpaired) electrons. The molecule has 0 spiro atoms. The van der Waals surface area contributed by atoms with Gasteiger partial charge in [0.2, 0.25) is 0 Å². The third-order valence-corrected chi connectivity index (χ3v) is 10.9. The monoisotopic (exact) mass is 732 g/mol. The van der Waals surface area contributed by atoms with Crippen molar-refractivity contribution in [2.75, 3.05) is 4.90 Å². The molecule has 1 heterocycles. The molecule has 0 bridgehead atoms. The number of hydrogen-bond acceptors (Lipinski definition) is 1. The van der Waals surface area contributed by atoms with Crippen LogP contribution in [0, 0.1) is 5.82 Å². The van der Waals surface area contributed by atoms with Crippen molar-refractivity contribution >= 4 is 38.9 Å². The quantitative estimate of drug-likeness (QED) is 0.151. The molecule has 0 aliphatic carbocycles. The fraction of sp³-hybridized carbons (Fsp3) is 0. The Morgan fingerprint density at radius 3 is 0.982 bits per heavy atom. The summed E-state index contributed by atoms with van der Waals surface area (Å²) in [6.07, 6.45) is 0. The maximum Gasteiger partial charge on any atom is 0.123 e. The number of rotatable bonds is 8. The fourth-order valence-corrected chi connectivity index (χ4v) is 7.99. The van der Waals surface area contributed by atoms with E-state index >= 15 is 0 Å². The van der Waals surface area contributed by atoms with Gasteiger partial charge >= 0.3 is 0 Å². The second kappa shape index (κ2) is 14.6. The lowest BCUT2D eigenvalue weighted by atomic mass is 10.00. The third-order valence-electron chi connectivity index (χ3n) is 10.9. The molecule has 0 N–H and O–H groups in total. The fourth-order valence-electron chi connectivity index (χ4n) is 7.99. The van der Waals surface area contributed by atoms with Crippen LogP contribution in [0.15, 0.2) is 224 Å². The highest BCUT2D eigenvalue weighted by atomic mass is 19.1. The van der Waals surface area contributed by atoms with Crippen LogP contribution in [-0.4, -0.2) is 4.57 Å². The van der Waals surface area contributed by atoms with E-state index in [1.807, 2.05) is 18.2 Å². The largest absolute Gasteiger partial charge is 0.311 e. The first-order valence-corrected chi connectivity index (χ1v) is 19.3. The highest BCUT2D eigenvalue weighted by molar-refractivity contribution is 6.09. The van der Waals surface area contributed by atoms with Gasteiger partial charge in [0.25, 0.3) is 0 Å². The minimum Gasteiger partial charge on any atom is -0.311 e. The lowest BCUT2D eigenvalue weighted by molar-refractivity contribution is 0.628. The Morgan fingerprint density at radius 2 is 0.579 bits per heavy atom. The maximum atomic E-state index is 13.5. The Labute approximate surface area is 332 Å². The molecule has 0 atom stereocenters. The lowest BCUT2D eigenvalue weighted by Crippen LogP contribution is -2.09. The highest BCUT2D eigenvalue weighted by Gasteiger charge is 2.15. The first-order valence-electron chi connectivity index (χ1n) is 19.3. The van der Waals surface area contributed by atoms with Crippen molar-refractivity contribution in [1.82, 2.24) is 4.57 Å². The Kier molecular flexibility index (Phi) is 8.74. The molecule has 0 aliphatic heterocycles. The van der Waals surface area contributed by atoms with Crippen molar-refractivity contribution in [3.8, 4) is 50.2 Å². The predicted molar refractivity (Wildman–Crippen MR) is 237 cm³/mol. The van der Waals surface area contributed by atoms with Crippen molar-refractivity contribution in [2.45, 2.75) is 0 Å².